The van der Waals surface area contributed by atoms with Crippen molar-refractivity contribution < 1.29 is 9.53 Å². The first-order valence-corrected chi connectivity index (χ1v) is 14.6. The first-order valence-electron chi connectivity index (χ1n) is 13.4. The average Bonchev–Trinajstić information content (AvgIpc) is 2.90. The number of ether oxygens (including phenoxy) is 1. The van der Waals surface area contributed by atoms with E-state index in [0.717, 1.165) is 63.4 Å². The van der Waals surface area contributed by atoms with Gasteiger partial charge in [-0.05, 0) is 69.3 Å². The molecule has 1 amide bonds. The van der Waals surface area contributed by atoms with Crippen LogP contribution in [-0.2, 0) is 17.8 Å². The molecule has 196 valence electrons. The van der Waals surface area contributed by atoms with Crippen LogP contribution in [0.2, 0.25) is 0 Å². The van der Waals surface area contributed by atoms with Crippen molar-refractivity contribution in [2.24, 2.45) is 0 Å². The number of carbonyl (C=O) groups is 1. The highest BCUT2D eigenvalue weighted by Crippen LogP contribution is 2.39. The van der Waals surface area contributed by atoms with E-state index in [0.29, 0.717) is 18.5 Å². The highest BCUT2D eigenvalue weighted by molar-refractivity contribution is 7.99. The molecule has 0 saturated carbocycles. The second kappa shape index (κ2) is 13.4. The van der Waals surface area contributed by atoms with Crippen LogP contribution in [0.5, 0.6) is 5.75 Å². The van der Waals surface area contributed by atoms with Crippen LogP contribution in [-0.4, -0.2) is 67.3 Å². The van der Waals surface area contributed by atoms with E-state index < -0.39 is 0 Å². The summed E-state index contributed by atoms with van der Waals surface area (Å²) >= 11 is 1.59. The highest BCUT2D eigenvalue weighted by atomic mass is 32.2. The third-order valence-corrected chi connectivity index (χ3v) is 7.84. The number of nitrogens with zero attached hydrogens (tertiary/aromatic N) is 2. The first-order chi connectivity index (χ1) is 17.5. The minimum atomic E-state index is -0.0550. The van der Waals surface area contributed by atoms with Gasteiger partial charge in [-0.2, -0.15) is 0 Å². The molecule has 6 nitrogen and oxygen atoms in total. The van der Waals surface area contributed by atoms with E-state index >= 15 is 0 Å². The number of rotatable bonds is 11. The zero-order valence-corrected chi connectivity index (χ0v) is 22.9. The molecule has 2 N–H and O–H groups in total. The summed E-state index contributed by atoms with van der Waals surface area (Å²) in [4.78, 5) is 17.6. The Morgan fingerprint density at radius 1 is 1.14 bits per heavy atom. The molecular weight excluding hydrogens is 468 g/mol. The van der Waals surface area contributed by atoms with Crippen molar-refractivity contribution in [2.45, 2.75) is 58.0 Å². The zero-order chi connectivity index (χ0) is 25.3. The molecule has 4 rings (SSSR count). The van der Waals surface area contributed by atoms with Crippen molar-refractivity contribution in [3.63, 3.8) is 0 Å². The zero-order valence-electron chi connectivity index (χ0n) is 22.1. The number of likely N-dealkylation sites (tertiary alicyclic amines) is 1. The number of piperidine rings is 1. The predicted octanol–water partition coefficient (Wildman–Crippen LogP) is 4.91. The van der Waals surface area contributed by atoms with Gasteiger partial charge in [0.1, 0.15) is 5.75 Å². The predicted molar refractivity (Wildman–Crippen MR) is 151 cm³/mol. The van der Waals surface area contributed by atoms with E-state index in [4.69, 9.17) is 4.74 Å². The Bertz CT molecular complexity index is 999. The maximum atomic E-state index is 12.6. The highest BCUT2D eigenvalue weighted by Gasteiger charge is 2.27. The molecule has 7 heteroatoms. The summed E-state index contributed by atoms with van der Waals surface area (Å²) < 4.78 is 9.57. The molecule has 1 unspecified atom stereocenters. The Labute approximate surface area is 221 Å². The molecule has 2 aliphatic heterocycles. The molecule has 0 aliphatic carbocycles. The van der Waals surface area contributed by atoms with E-state index in [1.807, 2.05) is 18.4 Å². The maximum Gasteiger partial charge on any atom is 0.257 e. The Hall–Kier alpha value is -2.22. The number of amides is 1. The molecule has 1 saturated heterocycles. The van der Waals surface area contributed by atoms with E-state index in [2.05, 4.69) is 64.0 Å². The van der Waals surface area contributed by atoms with Gasteiger partial charge < -0.3 is 19.7 Å². The lowest BCUT2D eigenvalue weighted by Crippen LogP contribution is -2.39. The minimum Gasteiger partial charge on any atom is -0.483 e. The van der Waals surface area contributed by atoms with E-state index in [9.17, 15) is 4.79 Å². The van der Waals surface area contributed by atoms with Crippen LogP contribution in [0.4, 0.5) is 5.69 Å². The molecule has 1 fully saturated rings. The van der Waals surface area contributed by atoms with Crippen LogP contribution in [0, 0.1) is 0 Å². The van der Waals surface area contributed by atoms with Crippen molar-refractivity contribution in [1.29, 1.82) is 0 Å². The minimum absolute atomic E-state index is 0.0490. The van der Waals surface area contributed by atoms with Gasteiger partial charge in [0.2, 0.25) is 0 Å². The van der Waals surface area contributed by atoms with Crippen molar-refractivity contribution in [1.82, 2.24) is 15.1 Å². The third kappa shape index (κ3) is 7.17. The summed E-state index contributed by atoms with van der Waals surface area (Å²) in [6.07, 6.45) is 6.41. The van der Waals surface area contributed by atoms with Gasteiger partial charge in [-0.3, -0.25) is 9.69 Å². The van der Waals surface area contributed by atoms with Crippen molar-refractivity contribution in [3.8, 4) is 5.75 Å². The monoisotopic (exact) mass is 510 g/mol. The second-order valence-corrected chi connectivity index (χ2v) is 10.9. The third-order valence-electron chi connectivity index (χ3n) is 7.41. The van der Waals surface area contributed by atoms with Gasteiger partial charge in [0, 0.05) is 56.5 Å². The van der Waals surface area contributed by atoms with Crippen LogP contribution in [0.15, 0.2) is 42.5 Å². The number of fused-ring (bicyclic) bond motifs is 1. The first kappa shape index (κ1) is 26.8. The number of nitrogens with one attached hydrogen (secondary N) is 2. The van der Waals surface area contributed by atoms with Crippen LogP contribution in [0.25, 0.3) is 0 Å². The summed E-state index contributed by atoms with van der Waals surface area (Å²) in [7, 11) is 0. The molecule has 2 aliphatic rings. The van der Waals surface area contributed by atoms with Crippen LogP contribution in [0.3, 0.4) is 0 Å². The van der Waals surface area contributed by atoms with Gasteiger partial charge in [-0.25, -0.2) is 0 Å². The fraction of sp³-hybridized carbons (Fsp3) is 0.552. The summed E-state index contributed by atoms with van der Waals surface area (Å²) in [5.74, 6) is 1.16. The second-order valence-electron chi connectivity index (χ2n) is 10.2. The lowest BCUT2D eigenvalue weighted by atomic mass is 9.88. The van der Waals surface area contributed by atoms with E-state index in [1.165, 1.54) is 23.1 Å². The van der Waals surface area contributed by atoms with Gasteiger partial charge in [-0.15, -0.1) is 0 Å². The fourth-order valence-electron chi connectivity index (χ4n) is 5.47. The molecule has 2 aromatic carbocycles. The number of benzene rings is 2. The van der Waals surface area contributed by atoms with Crippen LogP contribution in [0.1, 0.15) is 55.7 Å². The summed E-state index contributed by atoms with van der Waals surface area (Å²) in [5.41, 5.74) is 5.21. The lowest BCUT2D eigenvalue weighted by molar-refractivity contribution is -0.123. The smallest absolute Gasteiger partial charge is 0.257 e. The topological polar surface area (TPSA) is 56.8 Å². The largest absolute Gasteiger partial charge is 0.483 e. The lowest BCUT2D eigenvalue weighted by Gasteiger charge is -2.36. The Balaban J connectivity index is 1.27. The molecule has 36 heavy (non-hydrogen) atoms. The van der Waals surface area contributed by atoms with Crippen LogP contribution < -0.4 is 14.8 Å². The number of anilines is 1. The van der Waals surface area contributed by atoms with E-state index in [1.54, 1.807) is 11.9 Å². The summed E-state index contributed by atoms with van der Waals surface area (Å²) in [5, 5.41) is 3.05. The maximum absolute atomic E-state index is 12.6. The number of carbonyl (C=O) groups excluding carboxylic acids is 1. The SMILES string of the molecule is CSNc1cccc(OCC(=O)NCCCN2CCc3ccccc3C2)c1C1CCCN(C(C)C)C1. The van der Waals surface area contributed by atoms with Gasteiger partial charge in [-0.1, -0.05) is 42.3 Å². The molecule has 1 atom stereocenters. The Morgan fingerprint density at radius 2 is 1.97 bits per heavy atom. The van der Waals surface area contributed by atoms with Gasteiger partial charge >= 0.3 is 0 Å². The van der Waals surface area contributed by atoms with Crippen molar-refractivity contribution >= 4 is 23.5 Å². The molecule has 0 aromatic heterocycles. The summed E-state index contributed by atoms with van der Waals surface area (Å²) in [6.45, 7) is 10.5. The molecular formula is C29H42N4O2S. The number of hydrogen-bond acceptors (Lipinski definition) is 6. The molecule has 0 bridgehead atoms. The molecule has 2 heterocycles. The Morgan fingerprint density at radius 3 is 2.78 bits per heavy atom. The fourth-order valence-corrected chi connectivity index (χ4v) is 5.87. The standard InChI is InChI=1S/C29H42N4O2S/c1-22(2)33-17-7-11-25(20-33)29-26(31-36-3)12-6-13-27(29)35-21-28(34)30-15-8-16-32-18-14-23-9-4-5-10-24(23)19-32/h4-6,9-10,12-13,22,25,31H,7-8,11,14-21H2,1-3H3,(H,30,34). The van der Waals surface area contributed by atoms with Crippen molar-refractivity contribution in [2.75, 3.05) is 50.3 Å². The Kier molecular flexibility index (Phi) is 9.96. The van der Waals surface area contributed by atoms with E-state index in [-0.39, 0.29) is 12.5 Å². The van der Waals surface area contributed by atoms with Gasteiger partial charge in [0.05, 0.1) is 5.69 Å². The average molecular weight is 511 g/mol. The quantitative estimate of drug-likeness (QED) is 0.331. The van der Waals surface area contributed by atoms with Gasteiger partial charge in [0.15, 0.2) is 6.61 Å². The molecule has 0 spiro atoms. The summed E-state index contributed by atoms with van der Waals surface area (Å²) in [6, 6.07) is 15.4. The molecule has 0 radical (unpaired) electrons. The van der Waals surface area contributed by atoms with Crippen LogP contribution >= 0.6 is 11.9 Å². The normalized spacial score (nSPS) is 18.6. The number of hydrogen-bond donors (Lipinski definition) is 2. The molecule has 2 aromatic rings. The van der Waals surface area contributed by atoms with Gasteiger partial charge in [0.25, 0.3) is 5.91 Å². The van der Waals surface area contributed by atoms with Crippen molar-refractivity contribution in [3.05, 3.63) is 59.2 Å².